The lowest BCUT2D eigenvalue weighted by Crippen LogP contribution is -2.53. The molecule has 10 heteroatoms. The number of hydrogen-bond donors (Lipinski definition) is 2. The topological polar surface area (TPSA) is 115 Å². The fourth-order valence-electron chi connectivity index (χ4n) is 4.66. The van der Waals surface area contributed by atoms with Crippen molar-refractivity contribution in [2.24, 2.45) is 0 Å². The van der Waals surface area contributed by atoms with Gasteiger partial charge in [0.2, 0.25) is 12.7 Å². The van der Waals surface area contributed by atoms with E-state index in [0.29, 0.717) is 46.9 Å². The molecule has 5 rings (SSSR count). The Kier molecular flexibility index (Phi) is 6.21. The van der Waals surface area contributed by atoms with E-state index in [4.69, 9.17) is 18.9 Å². The second-order valence-corrected chi connectivity index (χ2v) is 8.78. The fraction of sp³-hybridized carbons (Fsp3) is 0.400. The van der Waals surface area contributed by atoms with Gasteiger partial charge >= 0.3 is 0 Å². The number of likely N-dealkylation sites (N-methyl/N-ethyl adjacent to an activating group) is 1. The van der Waals surface area contributed by atoms with Gasteiger partial charge < -0.3 is 34.5 Å². The number of benzene rings is 2. The SMILES string of the molecule is CNC(=O)C[C@@H]1CC[C@H]2[C@H](COc3ccc(NC(=O)c4ccc5c(c4)OCO5)cc3C(=O)N2C)O1. The molecule has 3 amide bonds. The van der Waals surface area contributed by atoms with Crippen LogP contribution in [-0.4, -0.2) is 68.4 Å². The van der Waals surface area contributed by atoms with Gasteiger partial charge in [-0.25, -0.2) is 0 Å². The summed E-state index contributed by atoms with van der Waals surface area (Å²) >= 11 is 0. The molecular weight excluding hydrogens is 454 g/mol. The van der Waals surface area contributed by atoms with Gasteiger partial charge in [-0.1, -0.05) is 0 Å². The lowest BCUT2D eigenvalue weighted by atomic mass is 9.94. The first-order valence-corrected chi connectivity index (χ1v) is 11.5. The van der Waals surface area contributed by atoms with Crippen LogP contribution in [0.1, 0.15) is 40.0 Å². The van der Waals surface area contributed by atoms with Gasteiger partial charge in [0, 0.05) is 25.3 Å². The maximum absolute atomic E-state index is 13.4. The maximum atomic E-state index is 13.4. The van der Waals surface area contributed by atoms with E-state index in [0.717, 1.165) is 0 Å². The smallest absolute Gasteiger partial charge is 0.257 e. The van der Waals surface area contributed by atoms with E-state index in [9.17, 15) is 14.4 Å². The van der Waals surface area contributed by atoms with Crippen LogP contribution in [0, 0.1) is 0 Å². The number of rotatable bonds is 4. The van der Waals surface area contributed by atoms with E-state index < -0.39 is 0 Å². The highest BCUT2D eigenvalue weighted by Gasteiger charge is 2.39. The third kappa shape index (κ3) is 4.61. The quantitative estimate of drug-likeness (QED) is 0.688. The Morgan fingerprint density at radius 2 is 1.83 bits per heavy atom. The van der Waals surface area contributed by atoms with Crippen molar-refractivity contribution in [2.75, 3.05) is 32.8 Å². The van der Waals surface area contributed by atoms with Crippen LogP contribution in [-0.2, 0) is 9.53 Å². The Labute approximate surface area is 202 Å². The normalized spacial score (nSPS) is 22.7. The molecule has 3 heterocycles. The summed E-state index contributed by atoms with van der Waals surface area (Å²) in [4.78, 5) is 39.6. The number of amides is 3. The molecule has 2 N–H and O–H groups in total. The largest absolute Gasteiger partial charge is 0.490 e. The third-order valence-corrected chi connectivity index (χ3v) is 6.60. The molecule has 0 aliphatic carbocycles. The number of nitrogens with zero attached hydrogens (tertiary/aromatic N) is 1. The van der Waals surface area contributed by atoms with E-state index in [1.54, 1.807) is 55.4 Å². The number of carbonyl (C=O) groups is 3. The van der Waals surface area contributed by atoms with Gasteiger partial charge in [-0.2, -0.15) is 0 Å². The Morgan fingerprint density at radius 1 is 1.03 bits per heavy atom. The molecule has 35 heavy (non-hydrogen) atoms. The Balaban J connectivity index is 1.32. The summed E-state index contributed by atoms with van der Waals surface area (Å²) in [5.41, 5.74) is 1.25. The molecule has 10 nitrogen and oxygen atoms in total. The van der Waals surface area contributed by atoms with Gasteiger partial charge in [-0.3, -0.25) is 14.4 Å². The van der Waals surface area contributed by atoms with E-state index in [2.05, 4.69) is 10.6 Å². The highest BCUT2D eigenvalue weighted by molar-refractivity contribution is 6.06. The fourth-order valence-corrected chi connectivity index (χ4v) is 4.66. The zero-order valence-electron chi connectivity index (χ0n) is 19.5. The molecule has 0 unspecified atom stereocenters. The summed E-state index contributed by atoms with van der Waals surface area (Å²) in [5.74, 6) is 0.894. The van der Waals surface area contributed by atoms with Crippen molar-refractivity contribution in [1.82, 2.24) is 10.2 Å². The van der Waals surface area contributed by atoms with Crippen LogP contribution in [0.15, 0.2) is 36.4 Å². The van der Waals surface area contributed by atoms with E-state index in [1.165, 1.54) is 0 Å². The predicted molar refractivity (Wildman–Crippen MR) is 125 cm³/mol. The van der Waals surface area contributed by atoms with E-state index >= 15 is 0 Å². The van der Waals surface area contributed by atoms with Crippen molar-refractivity contribution in [3.63, 3.8) is 0 Å². The first-order valence-electron chi connectivity index (χ1n) is 11.5. The molecule has 3 aliphatic rings. The van der Waals surface area contributed by atoms with Gasteiger partial charge in [-0.05, 0) is 49.2 Å². The number of carbonyl (C=O) groups excluding carboxylic acids is 3. The highest BCUT2D eigenvalue weighted by Crippen LogP contribution is 2.34. The Hall–Kier alpha value is -3.79. The van der Waals surface area contributed by atoms with Crippen molar-refractivity contribution in [2.45, 2.75) is 37.5 Å². The van der Waals surface area contributed by atoms with Crippen molar-refractivity contribution < 1.29 is 33.3 Å². The van der Waals surface area contributed by atoms with Crippen molar-refractivity contribution in [3.05, 3.63) is 47.5 Å². The minimum Gasteiger partial charge on any atom is -0.490 e. The van der Waals surface area contributed by atoms with Crippen LogP contribution in [0.25, 0.3) is 0 Å². The maximum Gasteiger partial charge on any atom is 0.257 e. The first-order chi connectivity index (χ1) is 16.9. The molecule has 1 fully saturated rings. The third-order valence-electron chi connectivity index (χ3n) is 6.60. The molecule has 2 aromatic rings. The second kappa shape index (κ2) is 9.46. The molecule has 3 aliphatic heterocycles. The first kappa shape index (κ1) is 23.0. The summed E-state index contributed by atoms with van der Waals surface area (Å²) in [5, 5.41) is 5.45. The van der Waals surface area contributed by atoms with Crippen LogP contribution >= 0.6 is 0 Å². The number of hydrogen-bond acceptors (Lipinski definition) is 7. The summed E-state index contributed by atoms with van der Waals surface area (Å²) < 4.78 is 22.7. The monoisotopic (exact) mass is 481 g/mol. The molecular formula is C25H27N3O7. The van der Waals surface area contributed by atoms with Gasteiger partial charge in [0.1, 0.15) is 18.5 Å². The Bertz CT molecular complexity index is 1170. The molecule has 3 atom stereocenters. The highest BCUT2D eigenvalue weighted by atomic mass is 16.7. The number of anilines is 1. The van der Waals surface area contributed by atoms with E-state index in [-0.39, 0.29) is 55.8 Å². The van der Waals surface area contributed by atoms with Crippen LogP contribution in [0.2, 0.25) is 0 Å². The van der Waals surface area contributed by atoms with Crippen molar-refractivity contribution >= 4 is 23.4 Å². The summed E-state index contributed by atoms with van der Waals surface area (Å²) in [6.07, 6.45) is 1.10. The average Bonchev–Trinajstić information content (AvgIpc) is 3.34. The number of fused-ring (bicyclic) bond motifs is 3. The van der Waals surface area contributed by atoms with Gasteiger partial charge in [-0.15, -0.1) is 0 Å². The van der Waals surface area contributed by atoms with Crippen LogP contribution in [0.3, 0.4) is 0 Å². The lowest BCUT2D eigenvalue weighted by Gasteiger charge is -2.42. The van der Waals surface area contributed by atoms with Crippen molar-refractivity contribution in [1.29, 1.82) is 0 Å². The molecule has 0 radical (unpaired) electrons. The molecule has 184 valence electrons. The molecule has 1 saturated heterocycles. The molecule has 0 bridgehead atoms. The molecule has 2 aromatic carbocycles. The predicted octanol–water partition coefficient (Wildman–Crippen LogP) is 2.18. The van der Waals surface area contributed by atoms with Gasteiger partial charge in [0.25, 0.3) is 11.8 Å². The number of nitrogens with one attached hydrogen (secondary N) is 2. The lowest BCUT2D eigenvalue weighted by molar-refractivity contribution is -0.133. The molecule has 0 spiro atoms. The van der Waals surface area contributed by atoms with E-state index in [1.807, 2.05) is 0 Å². The van der Waals surface area contributed by atoms with Crippen LogP contribution in [0.4, 0.5) is 5.69 Å². The molecule has 0 aromatic heterocycles. The van der Waals surface area contributed by atoms with Gasteiger partial charge in [0.05, 0.1) is 24.1 Å². The standard InChI is InChI=1S/C25H27N3O7/c1-26-23(29)11-16-5-6-18-22(35-16)12-32-19-8-4-15(10-17(19)25(31)28(18)2)27-24(30)14-3-7-20-21(9-14)34-13-33-20/h3-4,7-10,16,18,22H,5-6,11-13H2,1-2H3,(H,26,29)(H,27,30)/t16-,18-,22-/m0/s1. The minimum atomic E-state index is -0.342. The minimum absolute atomic E-state index is 0.0784. The van der Waals surface area contributed by atoms with Gasteiger partial charge in [0.15, 0.2) is 11.5 Å². The summed E-state index contributed by atoms with van der Waals surface area (Å²) in [6.45, 7) is 0.380. The summed E-state index contributed by atoms with van der Waals surface area (Å²) in [7, 11) is 3.34. The van der Waals surface area contributed by atoms with Crippen LogP contribution in [0.5, 0.6) is 17.2 Å². The second-order valence-electron chi connectivity index (χ2n) is 8.78. The Morgan fingerprint density at radius 3 is 2.66 bits per heavy atom. The average molecular weight is 482 g/mol. The van der Waals surface area contributed by atoms with Crippen molar-refractivity contribution in [3.8, 4) is 17.2 Å². The molecule has 0 saturated carbocycles. The summed E-state index contributed by atoms with van der Waals surface area (Å²) in [6, 6.07) is 9.76. The number of ether oxygens (including phenoxy) is 4. The van der Waals surface area contributed by atoms with Crippen LogP contribution < -0.4 is 24.8 Å². The zero-order chi connectivity index (χ0) is 24.5. The zero-order valence-corrected chi connectivity index (χ0v) is 19.5.